The van der Waals surface area contributed by atoms with Gasteiger partial charge in [-0.2, -0.15) is 0 Å². The van der Waals surface area contributed by atoms with Gasteiger partial charge in [0, 0.05) is 12.3 Å². The number of nitrogen functional groups attached to an aromatic ring is 1. The van der Waals surface area contributed by atoms with Crippen LogP contribution in [0, 0.1) is 0 Å². The number of nitrogens with zero attached hydrogens (tertiary/aromatic N) is 2. The monoisotopic (exact) mass is 312 g/mol. The number of hydrogen-bond acceptors (Lipinski definition) is 5. The molecule has 0 spiro atoms. The molecule has 0 aromatic carbocycles. The number of hydrazine groups is 1. The van der Waals surface area contributed by atoms with Gasteiger partial charge in [-0.15, -0.1) is 0 Å². The van der Waals surface area contributed by atoms with Crippen LogP contribution >= 0.6 is 15.9 Å². The first-order chi connectivity index (χ1) is 8.61. The second kappa shape index (κ2) is 5.15. The van der Waals surface area contributed by atoms with Crippen molar-refractivity contribution in [3.05, 3.63) is 50.7 Å². The Morgan fingerprint density at radius 1 is 1.61 bits per heavy atom. The molecule has 8 heteroatoms. The molecule has 0 fully saturated rings. The number of carbonyl (C=O) groups is 1. The second-order valence-corrected chi connectivity index (χ2v) is 4.30. The Labute approximate surface area is 110 Å². The van der Waals surface area contributed by atoms with Crippen molar-refractivity contribution in [2.24, 2.45) is 5.84 Å². The number of nitrogens with one attached hydrogen (secondary N) is 1. The van der Waals surface area contributed by atoms with Crippen LogP contribution in [-0.4, -0.2) is 15.6 Å². The molecule has 0 bridgehead atoms. The van der Waals surface area contributed by atoms with E-state index >= 15 is 0 Å². The fourth-order valence-corrected chi connectivity index (χ4v) is 1.75. The largest absolute Gasteiger partial charge is 0.359 e. The van der Waals surface area contributed by atoms with Gasteiger partial charge in [0.05, 0.1) is 11.0 Å². The molecule has 0 saturated heterocycles. The summed E-state index contributed by atoms with van der Waals surface area (Å²) in [5, 5.41) is 3.54. The van der Waals surface area contributed by atoms with Crippen LogP contribution in [0.25, 0.3) is 0 Å². The number of aromatic nitrogens is 2. The molecule has 7 nitrogen and oxygen atoms in total. The van der Waals surface area contributed by atoms with Crippen molar-refractivity contribution in [1.29, 1.82) is 0 Å². The van der Waals surface area contributed by atoms with Crippen LogP contribution in [0.15, 0.2) is 38.2 Å². The number of carbonyl (C=O) groups excluding carboxylic acids is 1. The van der Waals surface area contributed by atoms with Gasteiger partial charge in [0.2, 0.25) is 0 Å². The second-order valence-electron chi connectivity index (χ2n) is 3.44. The Bertz CT molecular complexity index is 634. The highest BCUT2D eigenvalue weighted by Crippen LogP contribution is 2.06. The van der Waals surface area contributed by atoms with Crippen molar-refractivity contribution >= 4 is 21.8 Å². The Morgan fingerprint density at radius 3 is 3.11 bits per heavy atom. The van der Waals surface area contributed by atoms with E-state index in [1.165, 1.54) is 10.6 Å². The van der Waals surface area contributed by atoms with E-state index in [0.29, 0.717) is 10.2 Å². The maximum Gasteiger partial charge on any atom is 0.287 e. The molecular weight excluding hydrogens is 304 g/mol. The Kier molecular flexibility index (Phi) is 3.58. The van der Waals surface area contributed by atoms with Gasteiger partial charge in [-0.25, -0.2) is 5.84 Å². The molecule has 1 amide bonds. The molecule has 3 N–H and O–H groups in total. The molecule has 0 unspecified atom stereocenters. The summed E-state index contributed by atoms with van der Waals surface area (Å²) in [6.07, 6.45) is 1.61. The summed E-state index contributed by atoms with van der Waals surface area (Å²) in [5.74, 6) is 4.80. The van der Waals surface area contributed by atoms with Crippen LogP contribution < -0.4 is 16.8 Å². The van der Waals surface area contributed by atoms with E-state index in [0.717, 1.165) is 0 Å². The Hall–Kier alpha value is -1.93. The maximum atomic E-state index is 11.7. The lowest BCUT2D eigenvalue weighted by molar-refractivity contribution is 0.0944. The van der Waals surface area contributed by atoms with Crippen molar-refractivity contribution in [3.8, 4) is 0 Å². The minimum absolute atomic E-state index is 0.0653. The highest BCUT2D eigenvalue weighted by molar-refractivity contribution is 9.10. The van der Waals surface area contributed by atoms with Gasteiger partial charge in [0.1, 0.15) is 0 Å². The van der Waals surface area contributed by atoms with E-state index in [2.05, 4.69) is 21.1 Å². The SMILES string of the molecule is NNC(=O)c1cc(Cn2cccc(Br)c2=O)on1. The van der Waals surface area contributed by atoms with Crippen LogP contribution in [0.2, 0.25) is 0 Å². The van der Waals surface area contributed by atoms with Gasteiger partial charge >= 0.3 is 0 Å². The summed E-state index contributed by atoms with van der Waals surface area (Å²) < 4.78 is 6.82. The van der Waals surface area contributed by atoms with Gasteiger partial charge < -0.3 is 9.09 Å². The average molecular weight is 313 g/mol. The zero-order valence-electron chi connectivity index (χ0n) is 9.09. The van der Waals surface area contributed by atoms with Crippen molar-refractivity contribution < 1.29 is 9.32 Å². The first-order valence-electron chi connectivity index (χ1n) is 4.93. The third kappa shape index (κ3) is 2.49. The molecule has 0 atom stereocenters. The average Bonchev–Trinajstić information content (AvgIpc) is 2.82. The van der Waals surface area contributed by atoms with E-state index in [-0.39, 0.29) is 17.8 Å². The fraction of sp³-hybridized carbons (Fsp3) is 0.100. The predicted molar refractivity (Wildman–Crippen MR) is 65.7 cm³/mol. The summed E-state index contributed by atoms with van der Waals surface area (Å²) in [6, 6.07) is 4.79. The van der Waals surface area contributed by atoms with Crippen LogP contribution in [0.1, 0.15) is 16.2 Å². The van der Waals surface area contributed by atoms with Gasteiger partial charge in [-0.1, -0.05) is 5.16 Å². The number of hydrogen-bond donors (Lipinski definition) is 2. The predicted octanol–water partition coefficient (Wildman–Crippen LogP) is 0.251. The van der Waals surface area contributed by atoms with Gasteiger partial charge in [0.25, 0.3) is 11.5 Å². The third-order valence-electron chi connectivity index (χ3n) is 2.22. The molecule has 0 aliphatic rings. The lowest BCUT2D eigenvalue weighted by Gasteiger charge is -2.01. The third-order valence-corrected chi connectivity index (χ3v) is 2.83. The standard InChI is InChI=1S/C10H9BrN4O3/c11-7-2-1-3-15(10(7)17)5-6-4-8(14-18-6)9(16)13-12/h1-4H,5,12H2,(H,13,16). The van der Waals surface area contributed by atoms with E-state index < -0.39 is 5.91 Å². The summed E-state index contributed by atoms with van der Waals surface area (Å²) in [6.45, 7) is 0.184. The zero-order chi connectivity index (χ0) is 13.1. The minimum Gasteiger partial charge on any atom is -0.359 e. The smallest absolute Gasteiger partial charge is 0.287 e. The van der Waals surface area contributed by atoms with Crippen LogP contribution in [0.3, 0.4) is 0 Å². The molecule has 2 aromatic heterocycles. The van der Waals surface area contributed by atoms with E-state index in [1.54, 1.807) is 18.3 Å². The summed E-state index contributed by atoms with van der Waals surface area (Å²) in [4.78, 5) is 22.9. The topological polar surface area (TPSA) is 103 Å². The first kappa shape index (κ1) is 12.5. The first-order valence-corrected chi connectivity index (χ1v) is 5.72. The summed E-state index contributed by atoms with van der Waals surface area (Å²) in [5.41, 5.74) is 1.81. The minimum atomic E-state index is -0.549. The zero-order valence-corrected chi connectivity index (χ0v) is 10.7. The molecule has 2 heterocycles. The lowest BCUT2D eigenvalue weighted by Crippen LogP contribution is -2.30. The molecule has 0 aliphatic carbocycles. The maximum absolute atomic E-state index is 11.7. The Morgan fingerprint density at radius 2 is 2.39 bits per heavy atom. The Balaban J connectivity index is 2.24. The highest BCUT2D eigenvalue weighted by atomic mass is 79.9. The number of halogens is 1. The molecule has 18 heavy (non-hydrogen) atoms. The number of pyridine rings is 1. The van der Waals surface area contributed by atoms with Gasteiger partial charge in [0.15, 0.2) is 11.5 Å². The van der Waals surface area contributed by atoms with E-state index in [9.17, 15) is 9.59 Å². The van der Waals surface area contributed by atoms with Crippen LogP contribution in [0.4, 0.5) is 0 Å². The fourth-order valence-electron chi connectivity index (χ4n) is 1.37. The van der Waals surface area contributed by atoms with Crippen LogP contribution in [0.5, 0.6) is 0 Å². The molecule has 2 aromatic rings. The molecule has 0 aliphatic heterocycles. The highest BCUT2D eigenvalue weighted by Gasteiger charge is 2.12. The van der Waals surface area contributed by atoms with E-state index in [4.69, 9.17) is 10.4 Å². The van der Waals surface area contributed by atoms with Crippen molar-refractivity contribution in [3.63, 3.8) is 0 Å². The lowest BCUT2D eigenvalue weighted by atomic mass is 10.3. The molecule has 0 saturated carbocycles. The summed E-state index contributed by atoms with van der Waals surface area (Å²) >= 11 is 3.14. The van der Waals surface area contributed by atoms with Gasteiger partial charge in [-0.3, -0.25) is 15.0 Å². The molecule has 94 valence electrons. The van der Waals surface area contributed by atoms with Crippen molar-refractivity contribution in [1.82, 2.24) is 15.1 Å². The quantitative estimate of drug-likeness (QED) is 0.480. The van der Waals surface area contributed by atoms with Crippen LogP contribution in [-0.2, 0) is 6.54 Å². The molecule has 0 radical (unpaired) electrons. The van der Waals surface area contributed by atoms with Crippen molar-refractivity contribution in [2.45, 2.75) is 6.54 Å². The molecule has 2 rings (SSSR count). The molecular formula is C10H9BrN4O3. The summed E-state index contributed by atoms with van der Waals surface area (Å²) in [7, 11) is 0. The van der Waals surface area contributed by atoms with Gasteiger partial charge in [-0.05, 0) is 28.1 Å². The number of rotatable bonds is 3. The number of nitrogens with two attached hydrogens (primary N) is 1. The van der Waals surface area contributed by atoms with E-state index in [1.807, 2.05) is 5.43 Å². The normalized spacial score (nSPS) is 10.3. The number of amides is 1. The van der Waals surface area contributed by atoms with Crippen molar-refractivity contribution in [2.75, 3.05) is 0 Å².